The first-order valence-corrected chi connectivity index (χ1v) is 10.6. The number of aromatic nitrogens is 3. The number of methoxy groups -OCH3 is 1. The number of carbonyl (C=O) groups is 2. The lowest BCUT2D eigenvalue weighted by atomic mass is 10.1. The molecule has 8 nitrogen and oxygen atoms in total. The van der Waals surface area contributed by atoms with E-state index in [1.807, 2.05) is 33.8 Å². The van der Waals surface area contributed by atoms with Crippen molar-refractivity contribution in [2.75, 3.05) is 20.3 Å². The predicted molar refractivity (Wildman–Crippen MR) is 121 cm³/mol. The van der Waals surface area contributed by atoms with Gasteiger partial charge in [-0.2, -0.15) is 5.10 Å². The van der Waals surface area contributed by atoms with E-state index in [0.717, 1.165) is 24.4 Å². The van der Waals surface area contributed by atoms with Gasteiger partial charge in [-0.25, -0.2) is 9.48 Å². The zero-order valence-electron chi connectivity index (χ0n) is 19.2. The summed E-state index contributed by atoms with van der Waals surface area (Å²) in [5.41, 5.74) is 2.06. The fraction of sp³-hybridized carbons (Fsp3) is 0.417. The molecule has 0 bridgehead atoms. The molecular formula is C24H29N3O5. The minimum Gasteiger partial charge on any atom is -0.452 e. The van der Waals surface area contributed by atoms with Gasteiger partial charge in [0.15, 0.2) is 12.3 Å². The number of esters is 1. The van der Waals surface area contributed by atoms with Gasteiger partial charge in [0.05, 0.1) is 11.4 Å². The lowest BCUT2D eigenvalue weighted by Gasteiger charge is -2.13. The molecule has 0 aliphatic heterocycles. The van der Waals surface area contributed by atoms with Gasteiger partial charge < -0.3 is 14.0 Å². The number of fused-ring (bicyclic) bond motifs is 1. The van der Waals surface area contributed by atoms with E-state index in [2.05, 4.69) is 9.67 Å². The Balaban J connectivity index is 1.82. The summed E-state index contributed by atoms with van der Waals surface area (Å²) in [5.74, 6) is -1.02. The highest BCUT2D eigenvalue weighted by atomic mass is 16.5. The zero-order valence-corrected chi connectivity index (χ0v) is 19.2. The molecule has 3 rings (SSSR count). The molecule has 0 saturated carbocycles. The van der Waals surface area contributed by atoms with E-state index < -0.39 is 12.6 Å². The van der Waals surface area contributed by atoms with Crippen LogP contribution in [0.4, 0.5) is 0 Å². The van der Waals surface area contributed by atoms with Crippen LogP contribution in [0, 0.1) is 13.8 Å². The number of hydrogen-bond acceptors (Lipinski definition) is 6. The lowest BCUT2D eigenvalue weighted by molar-refractivity contribution is 0.0468. The van der Waals surface area contributed by atoms with Crippen LogP contribution in [0.15, 0.2) is 35.1 Å². The molecule has 0 amide bonds. The van der Waals surface area contributed by atoms with E-state index >= 15 is 0 Å². The zero-order chi connectivity index (χ0) is 23.4. The van der Waals surface area contributed by atoms with Crippen molar-refractivity contribution in [2.24, 2.45) is 0 Å². The van der Waals surface area contributed by atoms with Gasteiger partial charge in [-0.3, -0.25) is 9.59 Å². The topological polar surface area (TPSA) is 92.4 Å². The van der Waals surface area contributed by atoms with Crippen molar-refractivity contribution in [2.45, 2.75) is 46.7 Å². The third kappa shape index (κ3) is 4.65. The maximum atomic E-state index is 12.8. The molecule has 0 fully saturated rings. The average Bonchev–Trinajstić information content (AvgIpc) is 3.06. The normalized spacial score (nSPS) is 11.3. The number of carbonyl (C=O) groups excluding carboxylic acids is 2. The van der Waals surface area contributed by atoms with Crippen LogP contribution in [0.25, 0.3) is 10.8 Å². The highest BCUT2D eigenvalue weighted by molar-refractivity contribution is 6.04. The minimum absolute atomic E-state index is 0.0201. The van der Waals surface area contributed by atoms with Crippen LogP contribution in [0.5, 0.6) is 0 Å². The van der Waals surface area contributed by atoms with E-state index in [9.17, 15) is 14.4 Å². The van der Waals surface area contributed by atoms with Crippen molar-refractivity contribution < 1.29 is 19.1 Å². The van der Waals surface area contributed by atoms with Gasteiger partial charge in [-0.05, 0) is 46.2 Å². The summed E-state index contributed by atoms with van der Waals surface area (Å²) in [5, 5.41) is 5.02. The van der Waals surface area contributed by atoms with Crippen LogP contribution in [0.1, 0.15) is 58.5 Å². The lowest BCUT2D eigenvalue weighted by Crippen LogP contribution is -2.28. The molecule has 32 heavy (non-hydrogen) atoms. The first-order chi connectivity index (χ1) is 15.3. The summed E-state index contributed by atoms with van der Waals surface area (Å²) in [6, 6.07) is 8.34. The molecule has 170 valence electrons. The van der Waals surface area contributed by atoms with Gasteiger partial charge in [-0.15, -0.1) is 0 Å². The van der Waals surface area contributed by atoms with Crippen molar-refractivity contribution in [3.05, 3.63) is 63.3 Å². The van der Waals surface area contributed by atoms with Gasteiger partial charge in [0, 0.05) is 42.6 Å². The Hall–Kier alpha value is -3.26. The molecule has 8 heteroatoms. The fourth-order valence-electron chi connectivity index (χ4n) is 3.78. The van der Waals surface area contributed by atoms with E-state index in [0.29, 0.717) is 22.9 Å². The number of aryl methyl sites for hydroxylation is 1. The maximum absolute atomic E-state index is 12.8. The number of ether oxygens (including phenoxy) is 2. The predicted octanol–water partition coefficient (Wildman–Crippen LogP) is 3.47. The molecular weight excluding hydrogens is 410 g/mol. The van der Waals surface area contributed by atoms with Crippen LogP contribution in [0.3, 0.4) is 0 Å². The molecule has 1 aromatic carbocycles. The minimum atomic E-state index is -0.738. The highest BCUT2D eigenvalue weighted by Crippen LogP contribution is 2.18. The third-order valence-electron chi connectivity index (χ3n) is 5.45. The Morgan fingerprint density at radius 1 is 1.12 bits per heavy atom. The first-order valence-electron chi connectivity index (χ1n) is 10.6. The van der Waals surface area contributed by atoms with Gasteiger partial charge in [0.1, 0.15) is 0 Å². The van der Waals surface area contributed by atoms with E-state index in [-0.39, 0.29) is 23.1 Å². The standard InChI is InChI=1S/C24H29N3O5/c1-15(2)27-23(29)19-10-7-6-9-18(19)22(25-27)24(30)32-14-21(28)20-13-16(3)26(17(20)4)11-8-12-31-5/h6-7,9-10,13,15H,8,11-12,14H2,1-5H3. The molecule has 2 heterocycles. The summed E-state index contributed by atoms with van der Waals surface area (Å²) in [4.78, 5) is 38.3. The summed E-state index contributed by atoms with van der Waals surface area (Å²) < 4.78 is 13.8. The van der Waals surface area contributed by atoms with Gasteiger partial charge in [-0.1, -0.05) is 18.2 Å². The number of Topliss-reactive ketones (excluding diaryl/α,β-unsaturated/α-hetero) is 1. The fourth-order valence-corrected chi connectivity index (χ4v) is 3.78. The molecule has 0 spiro atoms. The number of benzene rings is 1. The molecule has 0 radical (unpaired) electrons. The Bertz CT molecular complexity index is 1210. The quantitative estimate of drug-likeness (QED) is 0.288. The van der Waals surface area contributed by atoms with Crippen LogP contribution in [-0.2, 0) is 16.0 Å². The summed E-state index contributed by atoms with van der Waals surface area (Å²) in [6.45, 7) is 8.41. The highest BCUT2D eigenvalue weighted by Gasteiger charge is 2.22. The van der Waals surface area contributed by atoms with Crippen molar-refractivity contribution >= 4 is 22.5 Å². The number of hydrogen-bond donors (Lipinski definition) is 0. The van der Waals surface area contributed by atoms with E-state index in [4.69, 9.17) is 9.47 Å². The second kappa shape index (κ2) is 9.91. The molecule has 0 unspecified atom stereocenters. The molecule has 0 saturated heterocycles. The van der Waals surface area contributed by atoms with E-state index in [1.165, 1.54) is 4.68 Å². The second-order valence-electron chi connectivity index (χ2n) is 8.02. The maximum Gasteiger partial charge on any atom is 0.359 e. The molecule has 0 aliphatic rings. The molecule has 0 N–H and O–H groups in total. The number of nitrogens with zero attached hydrogens (tertiary/aromatic N) is 3. The summed E-state index contributed by atoms with van der Waals surface area (Å²) in [7, 11) is 1.66. The van der Waals surface area contributed by atoms with E-state index in [1.54, 1.807) is 31.4 Å². The Morgan fingerprint density at radius 2 is 1.81 bits per heavy atom. The van der Waals surface area contributed by atoms with Crippen LogP contribution in [-0.4, -0.2) is 46.4 Å². The number of ketones is 1. The van der Waals surface area contributed by atoms with Crippen molar-refractivity contribution in [3.63, 3.8) is 0 Å². The SMILES string of the molecule is COCCCn1c(C)cc(C(=O)COC(=O)c2nn(C(C)C)c(=O)c3ccccc23)c1C. The molecule has 0 aliphatic carbocycles. The largest absolute Gasteiger partial charge is 0.452 e. The van der Waals surface area contributed by atoms with Crippen LogP contribution >= 0.6 is 0 Å². The third-order valence-corrected chi connectivity index (χ3v) is 5.45. The van der Waals surface area contributed by atoms with Crippen molar-refractivity contribution in [3.8, 4) is 0 Å². The first kappa shape index (κ1) is 23.4. The average molecular weight is 440 g/mol. The Morgan fingerprint density at radius 3 is 2.47 bits per heavy atom. The summed E-state index contributed by atoms with van der Waals surface area (Å²) >= 11 is 0. The van der Waals surface area contributed by atoms with Crippen LogP contribution < -0.4 is 5.56 Å². The Labute approximate surface area is 186 Å². The summed E-state index contributed by atoms with van der Waals surface area (Å²) in [6.07, 6.45) is 0.833. The molecule has 2 aromatic heterocycles. The molecule has 3 aromatic rings. The second-order valence-corrected chi connectivity index (χ2v) is 8.02. The molecule has 0 atom stereocenters. The Kier molecular flexibility index (Phi) is 7.25. The van der Waals surface area contributed by atoms with Crippen molar-refractivity contribution in [1.29, 1.82) is 0 Å². The van der Waals surface area contributed by atoms with Crippen molar-refractivity contribution in [1.82, 2.24) is 14.3 Å². The number of rotatable bonds is 9. The van der Waals surface area contributed by atoms with Gasteiger partial charge in [0.2, 0.25) is 5.78 Å². The monoisotopic (exact) mass is 439 g/mol. The van der Waals surface area contributed by atoms with Gasteiger partial charge in [0.25, 0.3) is 5.56 Å². The van der Waals surface area contributed by atoms with Gasteiger partial charge >= 0.3 is 5.97 Å². The smallest absolute Gasteiger partial charge is 0.359 e. The van der Waals surface area contributed by atoms with Crippen LogP contribution in [0.2, 0.25) is 0 Å².